The summed E-state index contributed by atoms with van der Waals surface area (Å²) in [5.41, 5.74) is 6.88. The zero-order chi connectivity index (χ0) is 27.5. The van der Waals surface area contributed by atoms with Crippen molar-refractivity contribution in [3.8, 4) is 5.75 Å². The highest BCUT2D eigenvalue weighted by atomic mass is 19.4. The average molecular weight is 533 g/mol. The van der Waals surface area contributed by atoms with Crippen LogP contribution in [0.25, 0.3) is 10.9 Å². The van der Waals surface area contributed by atoms with E-state index in [1.807, 2.05) is 0 Å². The minimum atomic E-state index is -5.09. The van der Waals surface area contributed by atoms with E-state index in [2.05, 4.69) is 14.8 Å². The molecule has 2 aromatic heterocycles. The number of Topliss-reactive ketones (excluding diaryl/α,β-unsaturated/α-hetero) is 1. The summed E-state index contributed by atoms with van der Waals surface area (Å²) in [6, 6.07) is 3.82. The molecule has 3 atom stereocenters. The van der Waals surface area contributed by atoms with Gasteiger partial charge in [-0.15, -0.1) is 13.2 Å². The molecule has 200 valence electrons. The van der Waals surface area contributed by atoms with Gasteiger partial charge < -0.3 is 15.4 Å². The Kier molecular flexibility index (Phi) is 6.11. The number of amides is 2. The highest BCUT2D eigenvalue weighted by Crippen LogP contribution is 2.48. The van der Waals surface area contributed by atoms with Crippen molar-refractivity contribution in [2.45, 2.75) is 58.1 Å². The lowest BCUT2D eigenvalue weighted by Gasteiger charge is -2.27. The molecule has 2 amide bonds. The molecule has 13 heteroatoms. The number of benzene rings is 1. The fourth-order valence-electron chi connectivity index (χ4n) is 5.36. The van der Waals surface area contributed by atoms with Crippen molar-refractivity contribution in [2.75, 3.05) is 0 Å². The molecule has 3 heterocycles. The number of hydrogen-bond donors (Lipinski definition) is 1. The van der Waals surface area contributed by atoms with E-state index in [1.165, 1.54) is 21.7 Å². The molecule has 2 aliphatic rings. The molecule has 1 aliphatic carbocycles. The van der Waals surface area contributed by atoms with Gasteiger partial charge in [0, 0.05) is 23.5 Å². The summed E-state index contributed by atoms with van der Waals surface area (Å²) in [5.74, 6) is -3.88. The molecule has 2 fully saturated rings. The molecule has 0 spiro atoms. The van der Waals surface area contributed by atoms with Crippen LogP contribution in [-0.2, 0) is 22.6 Å². The maximum Gasteiger partial charge on any atom is 0.573 e. The first-order valence-electron chi connectivity index (χ1n) is 11.9. The Morgan fingerprint density at radius 1 is 1.18 bits per heavy atom. The standard InChI is InChI=1S/C25H23F4N5O4/c1-11-6-15-22(24(30)37)32-33(23(15)12(2)31-11)10-20(36)34-16-7-14(16)8-17(34)18(35)9-13-4-3-5-19(21(13)26)38-25(27,28)29/h3-6,14,16-17H,7-10H2,1-2H3,(H2,30,37)/t14-,16-,17+/m1/s1. The van der Waals surface area contributed by atoms with Crippen LogP contribution in [0.4, 0.5) is 17.6 Å². The Morgan fingerprint density at radius 2 is 1.92 bits per heavy atom. The zero-order valence-corrected chi connectivity index (χ0v) is 20.4. The van der Waals surface area contributed by atoms with Gasteiger partial charge in [0.05, 0.1) is 17.3 Å². The van der Waals surface area contributed by atoms with Crippen molar-refractivity contribution >= 4 is 28.5 Å². The quantitative estimate of drug-likeness (QED) is 0.467. The third-order valence-corrected chi connectivity index (χ3v) is 6.95. The van der Waals surface area contributed by atoms with Gasteiger partial charge in [-0.1, -0.05) is 12.1 Å². The number of alkyl halides is 3. The molecule has 0 bridgehead atoms. The van der Waals surface area contributed by atoms with Crippen molar-refractivity contribution in [2.24, 2.45) is 11.7 Å². The van der Waals surface area contributed by atoms with Crippen LogP contribution in [-0.4, -0.2) is 55.7 Å². The van der Waals surface area contributed by atoms with Gasteiger partial charge in [-0.25, -0.2) is 4.39 Å². The number of hydrogen-bond acceptors (Lipinski definition) is 6. The second kappa shape index (κ2) is 9.07. The van der Waals surface area contributed by atoms with Crippen LogP contribution in [0.3, 0.4) is 0 Å². The van der Waals surface area contributed by atoms with E-state index >= 15 is 0 Å². The molecule has 2 N–H and O–H groups in total. The fraction of sp³-hybridized carbons (Fsp3) is 0.400. The van der Waals surface area contributed by atoms with Gasteiger partial charge >= 0.3 is 6.36 Å². The molecule has 1 aliphatic heterocycles. The first kappa shape index (κ1) is 25.6. The van der Waals surface area contributed by atoms with Gasteiger partial charge in [0.25, 0.3) is 5.91 Å². The predicted molar refractivity (Wildman–Crippen MR) is 124 cm³/mol. The number of aryl methyl sites for hydroxylation is 2. The second-order valence-electron chi connectivity index (χ2n) is 9.65. The number of primary amides is 1. The topological polar surface area (TPSA) is 120 Å². The molecule has 1 saturated heterocycles. The lowest BCUT2D eigenvalue weighted by atomic mass is 9.99. The van der Waals surface area contributed by atoms with Gasteiger partial charge in [-0.3, -0.25) is 24.0 Å². The van der Waals surface area contributed by atoms with E-state index in [0.29, 0.717) is 35.1 Å². The SMILES string of the molecule is Cc1cc2c(C(N)=O)nn(CC(=O)N3[C@@H]4C[C@@H]4C[C@H]3C(=O)Cc3cccc(OC(F)(F)F)c3F)c2c(C)n1. The minimum Gasteiger partial charge on any atom is -0.403 e. The Labute approximate surface area is 213 Å². The summed E-state index contributed by atoms with van der Waals surface area (Å²) in [6.45, 7) is 3.18. The number of pyridine rings is 1. The van der Waals surface area contributed by atoms with Crippen molar-refractivity contribution in [1.29, 1.82) is 0 Å². The fourth-order valence-corrected chi connectivity index (χ4v) is 5.36. The van der Waals surface area contributed by atoms with E-state index in [1.54, 1.807) is 19.9 Å². The number of ketones is 1. The second-order valence-corrected chi connectivity index (χ2v) is 9.65. The van der Waals surface area contributed by atoms with Crippen LogP contribution < -0.4 is 10.5 Å². The van der Waals surface area contributed by atoms with Gasteiger partial charge in [0.1, 0.15) is 6.54 Å². The molecular weight excluding hydrogens is 510 g/mol. The third-order valence-electron chi connectivity index (χ3n) is 6.95. The van der Waals surface area contributed by atoms with Crippen LogP contribution in [0, 0.1) is 25.6 Å². The lowest BCUT2D eigenvalue weighted by molar-refractivity contribution is -0.275. The van der Waals surface area contributed by atoms with Crippen molar-refractivity contribution in [3.05, 3.63) is 52.7 Å². The van der Waals surface area contributed by atoms with Gasteiger partial charge in [-0.05, 0) is 50.3 Å². The molecule has 9 nitrogen and oxygen atoms in total. The Bertz CT molecular complexity index is 1480. The number of ether oxygens (including phenoxy) is 1. The number of nitrogens with two attached hydrogens (primary N) is 1. The number of halogens is 4. The molecular formula is C25H23F4N5O4. The van der Waals surface area contributed by atoms with Crippen molar-refractivity contribution < 1.29 is 36.7 Å². The van der Waals surface area contributed by atoms with Crippen LogP contribution in [0.5, 0.6) is 5.75 Å². The summed E-state index contributed by atoms with van der Waals surface area (Å²) in [5, 5.41) is 4.71. The number of fused-ring (bicyclic) bond motifs is 2. The van der Waals surface area contributed by atoms with Crippen LogP contribution in [0.15, 0.2) is 24.3 Å². The van der Waals surface area contributed by atoms with Crippen LogP contribution >= 0.6 is 0 Å². The number of carbonyl (C=O) groups is 3. The lowest BCUT2D eigenvalue weighted by Crippen LogP contribution is -2.45. The zero-order valence-electron chi connectivity index (χ0n) is 20.4. The summed E-state index contributed by atoms with van der Waals surface area (Å²) >= 11 is 0. The van der Waals surface area contributed by atoms with E-state index in [4.69, 9.17) is 5.73 Å². The monoisotopic (exact) mass is 533 g/mol. The number of nitrogens with zero attached hydrogens (tertiary/aromatic N) is 4. The Morgan fingerprint density at radius 3 is 2.61 bits per heavy atom. The highest BCUT2D eigenvalue weighted by molar-refractivity contribution is 6.05. The maximum atomic E-state index is 14.6. The van der Waals surface area contributed by atoms with E-state index in [0.717, 1.165) is 6.07 Å². The van der Waals surface area contributed by atoms with Gasteiger partial charge in [-0.2, -0.15) is 5.10 Å². The maximum absolute atomic E-state index is 14.6. The number of carbonyl (C=O) groups excluding carboxylic acids is 3. The normalized spacial score (nSPS) is 20.5. The Balaban J connectivity index is 1.38. The molecule has 5 rings (SSSR count). The van der Waals surface area contributed by atoms with E-state index in [9.17, 15) is 31.9 Å². The molecule has 0 radical (unpaired) electrons. The molecule has 1 saturated carbocycles. The number of piperidine rings is 1. The molecule has 38 heavy (non-hydrogen) atoms. The molecule has 1 aromatic carbocycles. The van der Waals surface area contributed by atoms with Crippen LogP contribution in [0.2, 0.25) is 0 Å². The van der Waals surface area contributed by atoms with Gasteiger partial charge in [0.2, 0.25) is 5.91 Å². The highest BCUT2D eigenvalue weighted by Gasteiger charge is 2.55. The predicted octanol–water partition coefficient (Wildman–Crippen LogP) is 2.99. The van der Waals surface area contributed by atoms with Crippen molar-refractivity contribution in [1.82, 2.24) is 19.7 Å². The van der Waals surface area contributed by atoms with Crippen LogP contribution in [0.1, 0.15) is 40.3 Å². The number of rotatable bonds is 7. The number of aromatic nitrogens is 3. The molecule has 0 unspecified atom stereocenters. The van der Waals surface area contributed by atoms with E-state index in [-0.39, 0.29) is 29.8 Å². The van der Waals surface area contributed by atoms with E-state index < -0.39 is 48.0 Å². The smallest absolute Gasteiger partial charge is 0.403 e. The third kappa shape index (κ3) is 4.68. The first-order valence-corrected chi connectivity index (χ1v) is 11.9. The minimum absolute atomic E-state index is 0.00354. The first-order chi connectivity index (χ1) is 17.8. The largest absolute Gasteiger partial charge is 0.573 e. The summed E-state index contributed by atoms with van der Waals surface area (Å²) in [4.78, 5) is 44.4. The average Bonchev–Trinajstić information content (AvgIpc) is 3.30. The summed E-state index contributed by atoms with van der Waals surface area (Å²) in [6.07, 6.45) is -4.50. The number of likely N-dealkylation sites (tertiary alicyclic amines) is 1. The van der Waals surface area contributed by atoms with Crippen molar-refractivity contribution in [3.63, 3.8) is 0 Å². The molecule has 3 aromatic rings. The Hall–Kier alpha value is -4.03. The summed E-state index contributed by atoms with van der Waals surface area (Å²) < 4.78 is 57.4. The van der Waals surface area contributed by atoms with Gasteiger partial charge in [0.15, 0.2) is 23.0 Å². The summed E-state index contributed by atoms with van der Waals surface area (Å²) in [7, 11) is 0.